The van der Waals surface area contributed by atoms with E-state index in [1.54, 1.807) is 18.2 Å². The molecule has 3 nitrogen and oxygen atoms in total. The average molecular weight is 176 g/mol. The van der Waals surface area contributed by atoms with Crippen LogP contribution in [0.15, 0.2) is 24.3 Å². The van der Waals surface area contributed by atoms with Gasteiger partial charge in [-0.2, -0.15) is 5.26 Å². The zero-order valence-electron chi connectivity index (χ0n) is 7.27. The van der Waals surface area contributed by atoms with Crippen LogP contribution in [0.2, 0.25) is 0 Å². The van der Waals surface area contributed by atoms with Gasteiger partial charge in [-0.3, -0.25) is 0 Å². The van der Waals surface area contributed by atoms with Gasteiger partial charge in [-0.05, 0) is 24.1 Å². The molecule has 0 aromatic heterocycles. The molecule has 0 saturated carbocycles. The quantitative estimate of drug-likeness (QED) is 0.736. The minimum absolute atomic E-state index is 0.160. The molecule has 0 saturated heterocycles. The van der Waals surface area contributed by atoms with E-state index >= 15 is 0 Å². The molecular formula is C10H12N2O. The number of hydrogen-bond donors (Lipinski definition) is 2. The summed E-state index contributed by atoms with van der Waals surface area (Å²) in [6, 6.07) is 8.70. The molecule has 0 aliphatic rings. The minimum atomic E-state index is -0.160. The van der Waals surface area contributed by atoms with Gasteiger partial charge in [-0.1, -0.05) is 12.1 Å². The Morgan fingerprint density at radius 2 is 2.31 bits per heavy atom. The van der Waals surface area contributed by atoms with Crippen LogP contribution < -0.4 is 5.73 Å². The molecule has 1 rings (SSSR count). The first-order valence-corrected chi connectivity index (χ1v) is 4.15. The van der Waals surface area contributed by atoms with Gasteiger partial charge in [0.25, 0.3) is 0 Å². The Labute approximate surface area is 77.4 Å². The summed E-state index contributed by atoms with van der Waals surface area (Å²) >= 11 is 0. The van der Waals surface area contributed by atoms with Crippen LogP contribution in [0.25, 0.3) is 0 Å². The number of nitriles is 1. The van der Waals surface area contributed by atoms with E-state index < -0.39 is 0 Å². The van der Waals surface area contributed by atoms with Crippen molar-refractivity contribution in [1.82, 2.24) is 0 Å². The fraction of sp³-hybridized carbons (Fsp3) is 0.300. The van der Waals surface area contributed by atoms with Crippen LogP contribution in [0.1, 0.15) is 24.4 Å². The zero-order chi connectivity index (χ0) is 9.68. The number of phenolic OH excluding ortho intramolecular Hbond substituents is 1. The van der Waals surface area contributed by atoms with Crippen molar-refractivity contribution in [3.05, 3.63) is 29.8 Å². The third kappa shape index (κ3) is 2.77. The van der Waals surface area contributed by atoms with Crippen molar-refractivity contribution in [3.63, 3.8) is 0 Å². The molecule has 0 aliphatic carbocycles. The summed E-state index contributed by atoms with van der Waals surface area (Å²) < 4.78 is 0. The van der Waals surface area contributed by atoms with Gasteiger partial charge in [0, 0.05) is 12.5 Å². The van der Waals surface area contributed by atoms with E-state index in [9.17, 15) is 0 Å². The Balaban J connectivity index is 2.66. The minimum Gasteiger partial charge on any atom is -0.508 e. The van der Waals surface area contributed by atoms with Crippen LogP contribution in [0.4, 0.5) is 0 Å². The molecule has 3 N–H and O–H groups in total. The van der Waals surface area contributed by atoms with Crippen molar-refractivity contribution in [2.24, 2.45) is 5.73 Å². The zero-order valence-corrected chi connectivity index (χ0v) is 7.27. The molecule has 0 aliphatic heterocycles. The van der Waals surface area contributed by atoms with Crippen molar-refractivity contribution in [2.45, 2.75) is 18.9 Å². The summed E-state index contributed by atoms with van der Waals surface area (Å²) in [4.78, 5) is 0. The second-order valence-corrected chi connectivity index (χ2v) is 2.90. The van der Waals surface area contributed by atoms with Crippen LogP contribution >= 0.6 is 0 Å². The Morgan fingerprint density at radius 1 is 1.54 bits per heavy atom. The Bertz CT molecular complexity index is 317. The number of hydrogen-bond acceptors (Lipinski definition) is 3. The van der Waals surface area contributed by atoms with Gasteiger partial charge in [0.05, 0.1) is 6.07 Å². The summed E-state index contributed by atoms with van der Waals surface area (Å²) in [5, 5.41) is 17.5. The lowest BCUT2D eigenvalue weighted by molar-refractivity contribution is 0.473. The van der Waals surface area contributed by atoms with Crippen LogP contribution in [0, 0.1) is 11.3 Å². The van der Waals surface area contributed by atoms with Gasteiger partial charge < -0.3 is 10.8 Å². The van der Waals surface area contributed by atoms with Crippen molar-refractivity contribution in [3.8, 4) is 11.8 Å². The molecule has 0 heterocycles. The molecule has 3 heteroatoms. The highest BCUT2D eigenvalue weighted by atomic mass is 16.3. The first-order valence-electron chi connectivity index (χ1n) is 4.15. The van der Waals surface area contributed by atoms with E-state index in [1.165, 1.54) is 0 Å². The number of aromatic hydroxyl groups is 1. The van der Waals surface area contributed by atoms with Crippen molar-refractivity contribution < 1.29 is 5.11 Å². The molecule has 0 unspecified atom stereocenters. The normalized spacial score (nSPS) is 12.0. The first kappa shape index (κ1) is 9.56. The topological polar surface area (TPSA) is 70.0 Å². The van der Waals surface area contributed by atoms with Crippen molar-refractivity contribution in [2.75, 3.05) is 0 Å². The SMILES string of the molecule is N#CCC[C@H](N)c1cccc(O)c1. The molecule has 1 atom stereocenters. The smallest absolute Gasteiger partial charge is 0.115 e. The number of rotatable bonds is 3. The Morgan fingerprint density at radius 3 is 2.92 bits per heavy atom. The van der Waals surface area contributed by atoms with Gasteiger partial charge in [-0.15, -0.1) is 0 Å². The largest absolute Gasteiger partial charge is 0.508 e. The van der Waals surface area contributed by atoms with Gasteiger partial charge in [0.15, 0.2) is 0 Å². The number of benzene rings is 1. The van der Waals surface area contributed by atoms with E-state index in [0.717, 1.165) is 5.56 Å². The third-order valence-electron chi connectivity index (χ3n) is 1.87. The maximum atomic E-state index is 9.17. The molecule has 0 amide bonds. The van der Waals surface area contributed by atoms with Crippen LogP contribution in [-0.2, 0) is 0 Å². The fourth-order valence-corrected chi connectivity index (χ4v) is 1.14. The van der Waals surface area contributed by atoms with Crippen LogP contribution in [0.3, 0.4) is 0 Å². The van der Waals surface area contributed by atoms with E-state index in [2.05, 4.69) is 0 Å². The monoisotopic (exact) mass is 176 g/mol. The number of phenols is 1. The Hall–Kier alpha value is -1.53. The lowest BCUT2D eigenvalue weighted by Crippen LogP contribution is -2.09. The highest BCUT2D eigenvalue weighted by Crippen LogP contribution is 2.19. The molecule has 0 radical (unpaired) electrons. The predicted octanol–water partition coefficient (Wildman–Crippen LogP) is 1.70. The van der Waals surface area contributed by atoms with E-state index in [0.29, 0.717) is 12.8 Å². The number of nitrogens with two attached hydrogens (primary N) is 1. The molecule has 1 aromatic rings. The van der Waals surface area contributed by atoms with E-state index in [4.69, 9.17) is 16.1 Å². The van der Waals surface area contributed by atoms with Gasteiger partial charge in [-0.25, -0.2) is 0 Å². The van der Waals surface area contributed by atoms with Crippen LogP contribution in [-0.4, -0.2) is 5.11 Å². The highest BCUT2D eigenvalue weighted by molar-refractivity contribution is 5.29. The maximum absolute atomic E-state index is 9.17. The summed E-state index contributed by atoms with van der Waals surface area (Å²) in [6.45, 7) is 0. The summed E-state index contributed by atoms with van der Waals surface area (Å²) in [5.41, 5.74) is 6.66. The third-order valence-corrected chi connectivity index (χ3v) is 1.87. The molecule has 68 valence electrons. The molecule has 0 spiro atoms. The van der Waals surface area contributed by atoms with Gasteiger partial charge in [0.2, 0.25) is 0 Å². The van der Waals surface area contributed by atoms with Crippen molar-refractivity contribution in [1.29, 1.82) is 5.26 Å². The molecule has 13 heavy (non-hydrogen) atoms. The second kappa shape index (κ2) is 4.48. The van der Waals surface area contributed by atoms with E-state index in [1.807, 2.05) is 12.1 Å². The molecular weight excluding hydrogens is 164 g/mol. The van der Waals surface area contributed by atoms with Gasteiger partial charge >= 0.3 is 0 Å². The van der Waals surface area contributed by atoms with E-state index in [-0.39, 0.29) is 11.8 Å². The second-order valence-electron chi connectivity index (χ2n) is 2.90. The summed E-state index contributed by atoms with van der Waals surface area (Å²) in [7, 11) is 0. The number of nitrogens with zero attached hydrogens (tertiary/aromatic N) is 1. The predicted molar refractivity (Wildman–Crippen MR) is 49.9 cm³/mol. The molecule has 0 fully saturated rings. The average Bonchev–Trinajstić information content (AvgIpc) is 2.14. The summed E-state index contributed by atoms with van der Waals surface area (Å²) in [6.07, 6.45) is 1.07. The maximum Gasteiger partial charge on any atom is 0.115 e. The van der Waals surface area contributed by atoms with Gasteiger partial charge in [0.1, 0.15) is 5.75 Å². The van der Waals surface area contributed by atoms with Crippen molar-refractivity contribution >= 4 is 0 Å². The Kier molecular flexibility index (Phi) is 3.30. The fourth-order valence-electron chi connectivity index (χ4n) is 1.14. The summed E-state index contributed by atoms with van der Waals surface area (Å²) in [5.74, 6) is 0.213. The lowest BCUT2D eigenvalue weighted by Gasteiger charge is -2.09. The first-order chi connectivity index (χ1) is 6.24. The highest BCUT2D eigenvalue weighted by Gasteiger charge is 2.05. The standard InChI is InChI=1S/C10H12N2O/c11-6-2-5-10(12)8-3-1-4-9(13)7-8/h1,3-4,7,10,13H,2,5,12H2/t10-/m0/s1. The molecule has 0 bridgehead atoms. The molecule has 1 aromatic carbocycles. The van der Waals surface area contributed by atoms with Crippen LogP contribution in [0.5, 0.6) is 5.75 Å². The lowest BCUT2D eigenvalue weighted by atomic mass is 10.0.